The molecule has 0 fully saturated rings. The number of rotatable bonds is 1. The molecule has 15 heavy (non-hydrogen) atoms. The van der Waals surface area contributed by atoms with Gasteiger partial charge in [0.2, 0.25) is 0 Å². The number of hydrogen-bond acceptors (Lipinski definition) is 2. The van der Waals surface area contributed by atoms with Crippen molar-refractivity contribution in [3.63, 3.8) is 0 Å². The lowest BCUT2D eigenvalue weighted by Gasteiger charge is -2.04. The van der Waals surface area contributed by atoms with E-state index < -0.39 is 0 Å². The van der Waals surface area contributed by atoms with E-state index >= 15 is 0 Å². The first-order valence-electron chi connectivity index (χ1n) is 5.03. The molecule has 0 aliphatic heterocycles. The second-order valence-corrected chi connectivity index (χ2v) is 4.48. The Balaban J connectivity index is 2.78. The standard InChI is InChI=1S/C11H14ClN3/c1-5(2)10-14-9(12)8-6(3)7(4)13-11(8)15-10/h5H,1-4H3,(H,13,14,15). The van der Waals surface area contributed by atoms with Crippen LogP contribution in [0.25, 0.3) is 11.0 Å². The van der Waals surface area contributed by atoms with Gasteiger partial charge in [-0.1, -0.05) is 25.4 Å². The molecule has 0 saturated heterocycles. The molecule has 0 spiro atoms. The van der Waals surface area contributed by atoms with Crippen molar-refractivity contribution in [2.45, 2.75) is 33.6 Å². The van der Waals surface area contributed by atoms with E-state index in [0.717, 1.165) is 28.1 Å². The predicted molar refractivity (Wildman–Crippen MR) is 62.5 cm³/mol. The molecule has 3 nitrogen and oxygen atoms in total. The third-order valence-corrected chi connectivity index (χ3v) is 2.92. The molecule has 0 aliphatic rings. The molecular weight excluding hydrogens is 210 g/mol. The maximum Gasteiger partial charge on any atom is 0.143 e. The fraction of sp³-hybridized carbons (Fsp3) is 0.455. The van der Waals surface area contributed by atoms with E-state index in [1.807, 2.05) is 13.8 Å². The maximum atomic E-state index is 6.15. The van der Waals surface area contributed by atoms with E-state index in [1.165, 1.54) is 0 Å². The van der Waals surface area contributed by atoms with Crippen LogP contribution in [0.3, 0.4) is 0 Å². The van der Waals surface area contributed by atoms with Crippen molar-refractivity contribution in [3.8, 4) is 0 Å². The topological polar surface area (TPSA) is 41.6 Å². The molecule has 80 valence electrons. The van der Waals surface area contributed by atoms with Crippen LogP contribution in [-0.4, -0.2) is 15.0 Å². The van der Waals surface area contributed by atoms with Crippen molar-refractivity contribution in [2.75, 3.05) is 0 Å². The van der Waals surface area contributed by atoms with Gasteiger partial charge in [-0.25, -0.2) is 9.97 Å². The van der Waals surface area contributed by atoms with Gasteiger partial charge in [0.1, 0.15) is 16.6 Å². The minimum absolute atomic E-state index is 0.288. The molecule has 2 aromatic heterocycles. The number of aromatic nitrogens is 3. The Labute approximate surface area is 93.9 Å². The van der Waals surface area contributed by atoms with E-state index in [0.29, 0.717) is 5.15 Å². The summed E-state index contributed by atoms with van der Waals surface area (Å²) in [5, 5.41) is 1.49. The lowest BCUT2D eigenvalue weighted by Crippen LogP contribution is -1.98. The van der Waals surface area contributed by atoms with Gasteiger partial charge in [0.15, 0.2) is 0 Å². The van der Waals surface area contributed by atoms with Gasteiger partial charge in [-0.2, -0.15) is 0 Å². The van der Waals surface area contributed by atoms with Gasteiger partial charge in [-0.15, -0.1) is 0 Å². The quantitative estimate of drug-likeness (QED) is 0.754. The Morgan fingerprint density at radius 2 is 1.87 bits per heavy atom. The van der Waals surface area contributed by atoms with Crippen molar-refractivity contribution >= 4 is 22.6 Å². The van der Waals surface area contributed by atoms with Crippen molar-refractivity contribution in [1.82, 2.24) is 15.0 Å². The summed E-state index contributed by atoms with van der Waals surface area (Å²) in [5.41, 5.74) is 3.07. The Morgan fingerprint density at radius 3 is 2.47 bits per heavy atom. The first kappa shape index (κ1) is 10.4. The molecule has 2 aromatic rings. The van der Waals surface area contributed by atoms with Crippen LogP contribution >= 0.6 is 11.6 Å². The largest absolute Gasteiger partial charge is 0.343 e. The van der Waals surface area contributed by atoms with Crippen LogP contribution in [0.2, 0.25) is 5.15 Å². The van der Waals surface area contributed by atoms with Gasteiger partial charge in [-0.3, -0.25) is 0 Å². The summed E-state index contributed by atoms with van der Waals surface area (Å²) in [5.74, 6) is 1.07. The highest BCUT2D eigenvalue weighted by Crippen LogP contribution is 2.27. The summed E-state index contributed by atoms with van der Waals surface area (Å²) < 4.78 is 0. The fourth-order valence-corrected chi connectivity index (χ4v) is 1.91. The van der Waals surface area contributed by atoms with Gasteiger partial charge in [0.25, 0.3) is 0 Å². The summed E-state index contributed by atoms with van der Waals surface area (Å²) >= 11 is 6.15. The predicted octanol–water partition coefficient (Wildman–Crippen LogP) is 3.35. The Bertz CT molecular complexity index is 514. The number of halogens is 1. The summed E-state index contributed by atoms with van der Waals surface area (Å²) in [6.45, 7) is 8.15. The van der Waals surface area contributed by atoms with E-state index in [4.69, 9.17) is 11.6 Å². The molecule has 0 atom stereocenters. The lowest BCUT2D eigenvalue weighted by atomic mass is 10.2. The van der Waals surface area contributed by atoms with Crippen LogP contribution in [0.5, 0.6) is 0 Å². The normalized spacial score (nSPS) is 11.6. The number of aryl methyl sites for hydroxylation is 2. The highest BCUT2D eigenvalue weighted by molar-refractivity contribution is 6.34. The second-order valence-electron chi connectivity index (χ2n) is 4.13. The minimum atomic E-state index is 0.288. The molecule has 0 bridgehead atoms. The lowest BCUT2D eigenvalue weighted by molar-refractivity contribution is 0.781. The van der Waals surface area contributed by atoms with Crippen molar-refractivity contribution in [1.29, 1.82) is 0 Å². The molecule has 0 aromatic carbocycles. The Kier molecular flexibility index (Phi) is 2.43. The molecule has 0 saturated carbocycles. The van der Waals surface area contributed by atoms with Gasteiger partial charge in [0, 0.05) is 11.6 Å². The summed E-state index contributed by atoms with van der Waals surface area (Å²) in [4.78, 5) is 12.0. The summed E-state index contributed by atoms with van der Waals surface area (Å²) in [7, 11) is 0. The Morgan fingerprint density at radius 1 is 1.20 bits per heavy atom. The molecule has 1 N–H and O–H groups in total. The van der Waals surface area contributed by atoms with E-state index in [1.54, 1.807) is 0 Å². The van der Waals surface area contributed by atoms with Crippen LogP contribution < -0.4 is 0 Å². The van der Waals surface area contributed by atoms with Gasteiger partial charge in [-0.05, 0) is 19.4 Å². The number of aromatic amines is 1. The number of H-pyrrole nitrogens is 1. The molecule has 2 heterocycles. The van der Waals surface area contributed by atoms with E-state index in [2.05, 4.69) is 28.8 Å². The number of fused-ring (bicyclic) bond motifs is 1. The number of nitrogens with one attached hydrogen (secondary N) is 1. The van der Waals surface area contributed by atoms with Gasteiger partial charge < -0.3 is 4.98 Å². The molecule has 0 radical (unpaired) electrons. The maximum absolute atomic E-state index is 6.15. The van der Waals surface area contributed by atoms with E-state index in [9.17, 15) is 0 Å². The van der Waals surface area contributed by atoms with Crippen molar-refractivity contribution < 1.29 is 0 Å². The zero-order chi connectivity index (χ0) is 11.2. The highest BCUT2D eigenvalue weighted by atomic mass is 35.5. The van der Waals surface area contributed by atoms with Crippen LogP contribution in [0.15, 0.2) is 0 Å². The van der Waals surface area contributed by atoms with Gasteiger partial charge >= 0.3 is 0 Å². The monoisotopic (exact) mass is 223 g/mol. The Hall–Kier alpha value is -1.09. The average molecular weight is 224 g/mol. The first-order valence-corrected chi connectivity index (χ1v) is 5.40. The minimum Gasteiger partial charge on any atom is -0.343 e. The molecule has 0 amide bonds. The van der Waals surface area contributed by atoms with Crippen molar-refractivity contribution in [3.05, 3.63) is 22.2 Å². The third kappa shape index (κ3) is 1.61. The van der Waals surface area contributed by atoms with Crippen LogP contribution in [0, 0.1) is 13.8 Å². The molecule has 0 aliphatic carbocycles. The number of nitrogens with zero attached hydrogens (tertiary/aromatic N) is 2. The zero-order valence-electron chi connectivity index (χ0n) is 9.35. The number of hydrogen-bond donors (Lipinski definition) is 1. The third-order valence-electron chi connectivity index (χ3n) is 2.64. The smallest absolute Gasteiger partial charge is 0.143 e. The fourth-order valence-electron chi connectivity index (χ4n) is 1.59. The van der Waals surface area contributed by atoms with Gasteiger partial charge in [0.05, 0.1) is 5.39 Å². The zero-order valence-corrected chi connectivity index (χ0v) is 10.1. The van der Waals surface area contributed by atoms with E-state index in [-0.39, 0.29) is 5.92 Å². The average Bonchev–Trinajstić information content (AvgIpc) is 2.42. The summed E-state index contributed by atoms with van der Waals surface area (Å²) in [6, 6.07) is 0. The second kappa shape index (κ2) is 3.49. The molecule has 4 heteroatoms. The van der Waals surface area contributed by atoms with Crippen LogP contribution in [0.1, 0.15) is 36.8 Å². The van der Waals surface area contributed by atoms with Crippen LogP contribution in [0.4, 0.5) is 0 Å². The molecule has 2 rings (SSSR count). The first-order chi connectivity index (χ1) is 7.00. The molecular formula is C11H14ClN3. The van der Waals surface area contributed by atoms with Crippen LogP contribution in [-0.2, 0) is 0 Å². The van der Waals surface area contributed by atoms with Crippen molar-refractivity contribution in [2.24, 2.45) is 0 Å². The highest BCUT2D eigenvalue weighted by Gasteiger charge is 2.13. The summed E-state index contributed by atoms with van der Waals surface area (Å²) in [6.07, 6.45) is 0. The SMILES string of the molecule is Cc1[nH]c2nc(C(C)C)nc(Cl)c2c1C. The molecule has 0 unspecified atom stereocenters.